The van der Waals surface area contributed by atoms with Crippen molar-refractivity contribution >= 4 is 31.3 Å². The van der Waals surface area contributed by atoms with Crippen LogP contribution in [0, 0.1) is 55.4 Å². The number of hydrogen-bond donors (Lipinski definition) is 0. The highest BCUT2D eigenvalue weighted by Gasteiger charge is 2.39. The van der Waals surface area contributed by atoms with E-state index in [9.17, 15) is 18.3 Å². The first-order valence-electron chi connectivity index (χ1n) is 31.0. The van der Waals surface area contributed by atoms with Crippen LogP contribution in [0.1, 0.15) is 69.5 Å². The van der Waals surface area contributed by atoms with Crippen LogP contribution in [0.25, 0.3) is 0 Å². The van der Waals surface area contributed by atoms with Gasteiger partial charge < -0.3 is 54.3 Å². The normalized spacial score (nSPS) is 11.6. The molecule has 0 amide bonds. The number of rotatable bonds is 26. The van der Waals surface area contributed by atoms with E-state index >= 15 is 0 Å². The highest BCUT2D eigenvalue weighted by molar-refractivity contribution is 7.50. The molecule has 0 atom stereocenters. The SMILES string of the molecule is CC(C)(c1ccc(OP(=O)(Oc2ccccc2)Oc2ccccc2)cc1)c1ccc(OP(=O)(Oc2ccccc2)Oc2ccccc2)cc1.Cc1cccc(C)c1OP(=O)(Oc1cccc(OP(=O)(Oc2c(C)cccc2C)Oc2c(C)cccc2C)c1)Oc1c(C)cccc1C. The highest BCUT2D eigenvalue weighted by atomic mass is 31.2. The molecule has 16 nitrogen and oxygen atoms in total. The lowest BCUT2D eigenvalue weighted by Crippen LogP contribution is -2.18. The van der Waals surface area contributed by atoms with Gasteiger partial charge in [-0.2, -0.15) is 18.3 Å². The van der Waals surface area contributed by atoms with Gasteiger partial charge >= 0.3 is 31.3 Å². The van der Waals surface area contributed by atoms with Crippen LogP contribution in [-0.4, -0.2) is 0 Å². The molecule has 0 bridgehead atoms. The van der Waals surface area contributed by atoms with Crippen molar-refractivity contribution in [1.29, 1.82) is 0 Å². The molecule has 11 rings (SSSR count). The third-order valence-electron chi connectivity index (χ3n) is 15.1. The van der Waals surface area contributed by atoms with Crippen molar-refractivity contribution < 1.29 is 72.5 Å². The first-order valence-corrected chi connectivity index (χ1v) is 36.8. The lowest BCUT2D eigenvalue weighted by Gasteiger charge is -2.27. The molecular formula is C77H74O16P4. The van der Waals surface area contributed by atoms with E-state index in [0.29, 0.717) is 57.5 Å². The highest BCUT2D eigenvalue weighted by Crippen LogP contribution is 2.57. The van der Waals surface area contributed by atoms with Crippen LogP contribution in [-0.2, 0) is 23.7 Å². The molecule has 0 saturated heterocycles. The van der Waals surface area contributed by atoms with E-state index < -0.39 is 36.7 Å². The predicted octanol–water partition coefficient (Wildman–Crippen LogP) is 22.7. The lowest BCUT2D eigenvalue weighted by atomic mass is 9.78. The van der Waals surface area contributed by atoms with Crippen LogP contribution in [0.4, 0.5) is 0 Å². The molecule has 0 aliphatic rings. The van der Waals surface area contributed by atoms with Gasteiger partial charge in [0.25, 0.3) is 0 Å². The van der Waals surface area contributed by atoms with Crippen molar-refractivity contribution in [3.63, 3.8) is 0 Å². The summed E-state index contributed by atoms with van der Waals surface area (Å²) in [5.74, 6) is 3.71. The monoisotopic (exact) mass is 1380 g/mol. The van der Waals surface area contributed by atoms with E-state index in [0.717, 1.165) is 55.6 Å². The molecule has 0 heterocycles. The molecule has 0 fully saturated rings. The first kappa shape index (κ1) is 69.8. The fourth-order valence-corrected chi connectivity index (χ4v) is 15.5. The molecule has 498 valence electrons. The van der Waals surface area contributed by atoms with E-state index in [1.165, 1.54) is 6.07 Å². The molecule has 0 radical (unpaired) electrons. The van der Waals surface area contributed by atoms with Crippen molar-refractivity contribution in [2.24, 2.45) is 0 Å². The summed E-state index contributed by atoms with van der Waals surface area (Å²) in [5, 5.41) is 0. The molecule has 0 aromatic heterocycles. The molecule has 0 saturated carbocycles. The Labute approximate surface area is 567 Å². The maximum absolute atomic E-state index is 14.5. The maximum atomic E-state index is 14.5. The summed E-state index contributed by atoms with van der Waals surface area (Å²) in [4.78, 5) is 0. The van der Waals surface area contributed by atoms with E-state index in [1.54, 1.807) is 140 Å². The number of hydrogen-bond acceptors (Lipinski definition) is 16. The van der Waals surface area contributed by atoms with Gasteiger partial charge in [0.2, 0.25) is 0 Å². The number of phosphoric ester groups is 4. The smallest absolute Gasteiger partial charge is 0.386 e. The minimum Gasteiger partial charge on any atom is -0.386 e. The number of aryl methyl sites for hydroxylation is 8. The van der Waals surface area contributed by atoms with Crippen LogP contribution in [0.5, 0.6) is 69.0 Å². The van der Waals surface area contributed by atoms with Gasteiger partial charge in [-0.1, -0.05) is 190 Å². The first-order chi connectivity index (χ1) is 46.4. The Morgan fingerprint density at radius 3 is 0.608 bits per heavy atom. The Morgan fingerprint density at radius 1 is 0.206 bits per heavy atom. The number of phosphoric acid groups is 4. The summed E-state index contributed by atoms with van der Waals surface area (Å²) in [6.07, 6.45) is 0. The average molecular weight is 1380 g/mol. The molecule has 11 aromatic rings. The van der Waals surface area contributed by atoms with Crippen molar-refractivity contribution in [2.45, 2.75) is 74.7 Å². The van der Waals surface area contributed by atoms with Gasteiger partial charge in [0.05, 0.1) is 0 Å². The minimum absolute atomic E-state index is 0.0824. The van der Waals surface area contributed by atoms with E-state index in [1.807, 2.05) is 177 Å². The topological polar surface area (TPSA) is 179 Å². The second kappa shape index (κ2) is 30.8. The number of para-hydroxylation sites is 8. The van der Waals surface area contributed by atoms with E-state index in [-0.39, 0.29) is 11.5 Å². The summed E-state index contributed by atoms with van der Waals surface area (Å²) in [7, 11) is -17.0. The van der Waals surface area contributed by atoms with Crippen molar-refractivity contribution in [2.75, 3.05) is 0 Å². The molecular weight excluding hydrogens is 1300 g/mol. The summed E-state index contributed by atoms with van der Waals surface area (Å²) < 4.78 is 128. The zero-order valence-corrected chi connectivity index (χ0v) is 58.8. The lowest BCUT2D eigenvalue weighted by molar-refractivity contribution is 0.291. The fourth-order valence-electron chi connectivity index (χ4n) is 10.0. The summed E-state index contributed by atoms with van der Waals surface area (Å²) >= 11 is 0. The molecule has 20 heteroatoms. The Kier molecular flexibility index (Phi) is 22.1. The molecule has 0 N–H and O–H groups in total. The summed E-state index contributed by atoms with van der Waals surface area (Å²) in [6.45, 7) is 19.0. The minimum atomic E-state index is -4.39. The van der Waals surface area contributed by atoms with Crippen molar-refractivity contribution in [1.82, 2.24) is 0 Å². The van der Waals surface area contributed by atoms with E-state index in [4.69, 9.17) is 54.3 Å². The van der Waals surface area contributed by atoms with Gasteiger partial charge in [-0.3, -0.25) is 0 Å². The van der Waals surface area contributed by atoms with Gasteiger partial charge in [0, 0.05) is 11.5 Å². The Bertz CT molecular complexity index is 4100. The fraction of sp³-hybridized carbons (Fsp3) is 0.143. The standard InChI is InChI=1S/C39H34O8P2.C38H40O8P2/c1-39(2,31-23-27-37(28-24-31)46-48(40,42-33-15-7-3-8-16-33)43-34-17-9-4-10-18-34)32-25-29-38(30-26-32)47-49(41,44-35-19-11-5-12-20-35)45-36-21-13-6-14-22-36;1-25-14-9-15-26(2)35(25)43-47(39,44-36-27(3)16-10-17-28(36)4)41-33-22-13-23-34(24-33)42-48(40,45-37-29(5)18-11-19-30(37)6)46-38-31(7)20-12-21-32(38)8/h3-30H,1-2H3;9-24H,1-8H3. The van der Waals surface area contributed by atoms with E-state index in [2.05, 4.69) is 13.8 Å². The second-order valence-electron chi connectivity index (χ2n) is 23.2. The van der Waals surface area contributed by atoms with Crippen LogP contribution in [0.15, 0.2) is 267 Å². The zero-order valence-electron chi connectivity index (χ0n) is 55.2. The largest absolute Gasteiger partial charge is 0.647 e. The van der Waals surface area contributed by atoms with Crippen molar-refractivity contribution in [3.05, 3.63) is 323 Å². The molecule has 0 aliphatic carbocycles. The van der Waals surface area contributed by atoms with Crippen LogP contribution in [0.3, 0.4) is 0 Å². The van der Waals surface area contributed by atoms with Crippen LogP contribution in [0.2, 0.25) is 0 Å². The van der Waals surface area contributed by atoms with Crippen LogP contribution >= 0.6 is 31.3 Å². The van der Waals surface area contributed by atoms with Gasteiger partial charge in [0.15, 0.2) is 0 Å². The summed E-state index contributed by atoms with van der Waals surface area (Å²) in [5.41, 5.74) is 7.52. The maximum Gasteiger partial charge on any atom is 0.647 e. The Balaban J connectivity index is 0.000000211. The third-order valence-corrected chi connectivity index (χ3v) is 20.2. The molecule has 0 spiro atoms. The molecule has 11 aromatic carbocycles. The van der Waals surface area contributed by atoms with Gasteiger partial charge in [-0.05, 0) is 196 Å². The predicted molar refractivity (Wildman–Crippen MR) is 379 cm³/mol. The van der Waals surface area contributed by atoms with Crippen LogP contribution < -0.4 is 54.3 Å². The summed E-state index contributed by atoms with van der Waals surface area (Å²) in [6, 6.07) is 77.9. The Hall–Kier alpha value is -10.1. The average Bonchev–Trinajstić information content (AvgIpc) is 0.866. The third kappa shape index (κ3) is 18.7. The Morgan fingerprint density at radius 2 is 0.381 bits per heavy atom. The van der Waals surface area contributed by atoms with Gasteiger partial charge in [-0.25, -0.2) is 0 Å². The molecule has 97 heavy (non-hydrogen) atoms. The van der Waals surface area contributed by atoms with Crippen molar-refractivity contribution in [3.8, 4) is 69.0 Å². The van der Waals surface area contributed by atoms with Gasteiger partial charge in [-0.15, -0.1) is 0 Å². The zero-order chi connectivity index (χ0) is 68.8. The quantitative estimate of drug-likeness (QED) is 0.0467. The number of benzene rings is 11. The molecule has 0 aliphatic heterocycles. The van der Waals surface area contributed by atoms with Gasteiger partial charge in [0.1, 0.15) is 69.0 Å². The second-order valence-corrected chi connectivity index (χ2v) is 28.9. The molecule has 0 unspecified atom stereocenters.